The van der Waals surface area contributed by atoms with Crippen molar-refractivity contribution in [3.63, 3.8) is 0 Å². The first-order valence-corrected chi connectivity index (χ1v) is 8.54. The van der Waals surface area contributed by atoms with Crippen LogP contribution in [0.4, 0.5) is 5.69 Å². The summed E-state index contributed by atoms with van der Waals surface area (Å²) in [5.41, 5.74) is 2.48. The van der Waals surface area contributed by atoms with Crippen molar-refractivity contribution in [2.24, 2.45) is 5.92 Å². The van der Waals surface area contributed by atoms with E-state index in [0.29, 0.717) is 13.0 Å². The number of nitrogens with one attached hydrogen (secondary N) is 2. The predicted molar refractivity (Wildman–Crippen MR) is 85.1 cm³/mol. The SMILES string of the molecule is CCOC(=O)[C@@H]1C[C@]2(C(=O)Nc3c(C)cccc32)[NH+]2CCC[C@H]12. The highest BCUT2D eigenvalue weighted by atomic mass is 16.5. The molecule has 0 aromatic heterocycles. The summed E-state index contributed by atoms with van der Waals surface area (Å²) in [5.74, 6) is -0.261. The number of benzene rings is 1. The molecule has 3 aliphatic rings. The van der Waals surface area contributed by atoms with Gasteiger partial charge in [0.1, 0.15) is 12.0 Å². The van der Waals surface area contributed by atoms with Crippen LogP contribution in [0.1, 0.15) is 37.3 Å². The Balaban J connectivity index is 1.81. The van der Waals surface area contributed by atoms with Crippen LogP contribution in [0.25, 0.3) is 0 Å². The summed E-state index contributed by atoms with van der Waals surface area (Å²) < 4.78 is 5.30. The van der Waals surface area contributed by atoms with Crippen molar-refractivity contribution in [1.29, 1.82) is 0 Å². The molecule has 2 saturated heterocycles. The molecule has 2 fully saturated rings. The van der Waals surface area contributed by atoms with Crippen LogP contribution >= 0.6 is 0 Å². The Kier molecular flexibility index (Phi) is 3.23. The van der Waals surface area contributed by atoms with E-state index in [4.69, 9.17) is 4.74 Å². The number of quaternary nitrogens is 1. The number of aryl methyl sites for hydroxylation is 1. The lowest BCUT2D eigenvalue weighted by molar-refractivity contribution is -0.947. The van der Waals surface area contributed by atoms with E-state index in [-0.39, 0.29) is 23.8 Å². The lowest BCUT2D eigenvalue weighted by Gasteiger charge is -2.29. The zero-order valence-corrected chi connectivity index (χ0v) is 13.6. The molecule has 3 heterocycles. The maximum absolute atomic E-state index is 13.0. The molecule has 122 valence electrons. The van der Waals surface area contributed by atoms with Gasteiger partial charge in [-0.05, 0) is 19.4 Å². The molecule has 0 aliphatic carbocycles. The van der Waals surface area contributed by atoms with E-state index in [9.17, 15) is 9.59 Å². The van der Waals surface area contributed by atoms with Crippen LogP contribution in [0.3, 0.4) is 0 Å². The van der Waals surface area contributed by atoms with Gasteiger partial charge < -0.3 is 15.0 Å². The first-order chi connectivity index (χ1) is 11.1. The Morgan fingerprint density at radius 1 is 1.48 bits per heavy atom. The molecule has 1 unspecified atom stereocenters. The van der Waals surface area contributed by atoms with Crippen LogP contribution < -0.4 is 10.2 Å². The monoisotopic (exact) mass is 315 g/mol. The number of fused-ring (bicyclic) bond motifs is 4. The molecule has 1 spiro atoms. The molecule has 0 saturated carbocycles. The van der Waals surface area contributed by atoms with Crippen molar-refractivity contribution in [1.82, 2.24) is 0 Å². The van der Waals surface area contributed by atoms with Crippen LogP contribution in [0.15, 0.2) is 18.2 Å². The van der Waals surface area contributed by atoms with Gasteiger partial charge in [-0.1, -0.05) is 18.2 Å². The largest absolute Gasteiger partial charge is 0.466 e. The Morgan fingerprint density at radius 2 is 2.30 bits per heavy atom. The first kappa shape index (κ1) is 14.7. The Labute approximate surface area is 136 Å². The molecule has 0 radical (unpaired) electrons. The molecule has 5 heteroatoms. The zero-order valence-electron chi connectivity index (χ0n) is 13.6. The highest BCUT2D eigenvalue weighted by Gasteiger charge is 2.67. The van der Waals surface area contributed by atoms with Crippen LogP contribution in [0.5, 0.6) is 0 Å². The second-order valence-electron chi connectivity index (χ2n) is 6.94. The van der Waals surface area contributed by atoms with Gasteiger partial charge in [0.05, 0.1) is 18.8 Å². The van der Waals surface area contributed by atoms with E-state index in [1.54, 1.807) is 0 Å². The molecule has 23 heavy (non-hydrogen) atoms. The van der Waals surface area contributed by atoms with Gasteiger partial charge in [0.15, 0.2) is 0 Å². The molecule has 2 N–H and O–H groups in total. The zero-order chi connectivity index (χ0) is 16.2. The number of amides is 1. The predicted octanol–water partition coefficient (Wildman–Crippen LogP) is 0.773. The summed E-state index contributed by atoms with van der Waals surface area (Å²) in [6, 6.07) is 6.28. The molecular weight excluding hydrogens is 292 g/mol. The number of rotatable bonds is 2. The lowest BCUT2D eigenvalue weighted by Crippen LogP contribution is -3.19. The normalized spacial score (nSPS) is 34.3. The summed E-state index contributed by atoms with van der Waals surface area (Å²) in [6.07, 6.45) is 2.62. The van der Waals surface area contributed by atoms with Gasteiger partial charge in [0.2, 0.25) is 5.54 Å². The number of hydrogen-bond donors (Lipinski definition) is 2. The molecular formula is C18H23N2O3+. The van der Waals surface area contributed by atoms with Crippen LogP contribution in [0.2, 0.25) is 0 Å². The smallest absolute Gasteiger partial charge is 0.315 e. The van der Waals surface area contributed by atoms with Gasteiger partial charge in [-0.25, -0.2) is 0 Å². The molecule has 1 aromatic carbocycles. The minimum Gasteiger partial charge on any atom is -0.466 e. The average molecular weight is 315 g/mol. The quantitative estimate of drug-likeness (QED) is 0.793. The second-order valence-corrected chi connectivity index (χ2v) is 6.94. The van der Waals surface area contributed by atoms with Crippen LogP contribution in [-0.2, 0) is 19.9 Å². The maximum Gasteiger partial charge on any atom is 0.315 e. The number of hydrogen-bond acceptors (Lipinski definition) is 3. The molecule has 0 bridgehead atoms. The van der Waals surface area contributed by atoms with Gasteiger partial charge in [0, 0.05) is 24.8 Å². The first-order valence-electron chi connectivity index (χ1n) is 8.54. The highest BCUT2D eigenvalue weighted by molar-refractivity contribution is 6.06. The summed E-state index contributed by atoms with van der Waals surface area (Å²) >= 11 is 0. The Hall–Kier alpha value is -1.88. The third-order valence-electron chi connectivity index (χ3n) is 5.92. The van der Waals surface area contributed by atoms with E-state index < -0.39 is 5.54 Å². The average Bonchev–Trinajstić information content (AvgIpc) is 3.17. The lowest BCUT2D eigenvalue weighted by atomic mass is 9.84. The number of carbonyl (C=O) groups excluding carboxylic acids is 2. The van der Waals surface area contributed by atoms with Gasteiger partial charge in [-0.3, -0.25) is 9.59 Å². The van der Waals surface area contributed by atoms with Crippen molar-refractivity contribution in [2.75, 3.05) is 18.5 Å². The fourth-order valence-corrected chi connectivity index (χ4v) is 5.00. The number of para-hydroxylation sites is 1. The highest BCUT2D eigenvalue weighted by Crippen LogP contribution is 2.45. The molecule has 4 atom stereocenters. The topological polar surface area (TPSA) is 59.8 Å². The summed E-state index contributed by atoms with van der Waals surface area (Å²) in [4.78, 5) is 26.7. The molecule has 1 amide bonds. The summed E-state index contributed by atoms with van der Waals surface area (Å²) in [6.45, 7) is 5.20. The van der Waals surface area contributed by atoms with Gasteiger partial charge in [-0.2, -0.15) is 0 Å². The van der Waals surface area contributed by atoms with E-state index in [2.05, 4.69) is 11.4 Å². The molecule has 5 nitrogen and oxygen atoms in total. The fraction of sp³-hybridized carbons (Fsp3) is 0.556. The van der Waals surface area contributed by atoms with E-state index >= 15 is 0 Å². The van der Waals surface area contributed by atoms with Gasteiger partial charge >= 0.3 is 5.97 Å². The van der Waals surface area contributed by atoms with Gasteiger partial charge in [0.25, 0.3) is 5.91 Å². The van der Waals surface area contributed by atoms with Crippen molar-refractivity contribution in [3.05, 3.63) is 29.3 Å². The number of ether oxygens (including phenoxy) is 1. The van der Waals surface area contributed by atoms with Crippen LogP contribution in [0, 0.1) is 12.8 Å². The molecule has 3 aliphatic heterocycles. The van der Waals surface area contributed by atoms with E-state index in [1.165, 1.54) is 4.90 Å². The van der Waals surface area contributed by atoms with Crippen molar-refractivity contribution in [2.45, 2.75) is 44.7 Å². The maximum atomic E-state index is 13.0. The van der Waals surface area contributed by atoms with Crippen molar-refractivity contribution < 1.29 is 19.2 Å². The third-order valence-corrected chi connectivity index (χ3v) is 5.92. The summed E-state index contributed by atoms with van der Waals surface area (Å²) in [7, 11) is 0. The summed E-state index contributed by atoms with van der Waals surface area (Å²) in [5, 5.41) is 3.09. The minimum absolute atomic E-state index is 0.0514. The van der Waals surface area contributed by atoms with Crippen LogP contribution in [-0.4, -0.2) is 31.1 Å². The van der Waals surface area contributed by atoms with E-state index in [0.717, 1.165) is 36.2 Å². The third kappa shape index (κ3) is 1.83. The van der Waals surface area contributed by atoms with Crippen molar-refractivity contribution in [3.8, 4) is 0 Å². The molecule has 1 aromatic rings. The minimum atomic E-state index is -0.611. The second kappa shape index (κ2) is 5.06. The van der Waals surface area contributed by atoms with Crippen molar-refractivity contribution >= 4 is 17.6 Å². The van der Waals surface area contributed by atoms with E-state index in [1.807, 2.05) is 26.0 Å². The fourth-order valence-electron chi connectivity index (χ4n) is 5.00. The number of esters is 1. The number of carbonyl (C=O) groups is 2. The Bertz CT molecular complexity index is 687. The molecule has 4 rings (SSSR count). The standard InChI is InChI=1S/C18H22N2O3/c1-3-23-16(21)12-10-18(20-9-5-8-14(12)20)13-7-4-6-11(2)15(13)19-17(18)22/h4,6-7,12,14H,3,5,8-10H2,1-2H3,(H,19,22)/p+1/t12-,14-,18+/m1/s1. The number of anilines is 1. The van der Waals surface area contributed by atoms with Gasteiger partial charge in [-0.15, -0.1) is 0 Å². The Morgan fingerprint density at radius 3 is 3.09 bits per heavy atom.